The number of ether oxygens (including phenoxy) is 1. The highest BCUT2D eigenvalue weighted by molar-refractivity contribution is 6.31. The normalized spacial score (nSPS) is 9.80. The molecule has 0 bridgehead atoms. The van der Waals surface area contributed by atoms with Gasteiger partial charge in [-0.2, -0.15) is 5.26 Å². The van der Waals surface area contributed by atoms with Gasteiger partial charge in [-0.05, 0) is 36.4 Å². The molecule has 0 heterocycles. The van der Waals surface area contributed by atoms with Crippen LogP contribution in [0.3, 0.4) is 0 Å². The zero-order valence-electron chi connectivity index (χ0n) is 12.9. The van der Waals surface area contributed by atoms with Crippen LogP contribution in [-0.2, 0) is 16.0 Å². The van der Waals surface area contributed by atoms with Gasteiger partial charge in [0.05, 0.1) is 18.1 Å². The third-order valence-corrected chi connectivity index (χ3v) is 3.45. The van der Waals surface area contributed by atoms with Crippen LogP contribution in [0.4, 0.5) is 4.39 Å². The number of amides is 2. The van der Waals surface area contributed by atoms with Gasteiger partial charge in [0.15, 0.2) is 6.61 Å². The summed E-state index contributed by atoms with van der Waals surface area (Å²) in [6, 6.07) is 12.2. The summed E-state index contributed by atoms with van der Waals surface area (Å²) in [6.07, 6.45) is -0.317. The Morgan fingerprint density at radius 3 is 2.44 bits per heavy atom. The summed E-state index contributed by atoms with van der Waals surface area (Å²) >= 11 is 5.83. The summed E-state index contributed by atoms with van der Waals surface area (Å²) in [6.45, 7) is -0.341. The van der Waals surface area contributed by atoms with Crippen LogP contribution in [0.25, 0.3) is 0 Å². The highest BCUT2D eigenvalue weighted by Crippen LogP contribution is 2.19. The van der Waals surface area contributed by atoms with E-state index in [0.29, 0.717) is 11.3 Å². The summed E-state index contributed by atoms with van der Waals surface area (Å²) in [5.74, 6) is -1.42. The van der Waals surface area contributed by atoms with E-state index in [4.69, 9.17) is 21.6 Å². The Labute approximate surface area is 148 Å². The smallest absolute Gasteiger partial charge is 0.276 e. The molecule has 0 fully saturated rings. The monoisotopic (exact) mass is 361 g/mol. The molecule has 2 rings (SSSR count). The number of nitriles is 1. The Balaban J connectivity index is 1.77. The predicted octanol–water partition coefficient (Wildman–Crippen LogP) is 2.12. The molecule has 2 aromatic carbocycles. The molecule has 0 aliphatic heterocycles. The van der Waals surface area contributed by atoms with Gasteiger partial charge in [0.25, 0.3) is 5.91 Å². The molecule has 0 spiro atoms. The van der Waals surface area contributed by atoms with Crippen LogP contribution < -0.4 is 15.6 Å². The fraction of sp³-hybridized carbons (Fsp3) is 0.118. The lowest BCUT2D eigenvalue weighted by Gasteiger charge is -2.10. The van der Waals surface area contributed by atoms with Gasteiger partial charge in [0, 0.05) is 10.6 Å². The lowest BCUT2D eigenvalue weighted by molar-refractivity contribution is -0.129. The maximum atomic E-state index is 13.6. The van der Waals surface area contributed by atoms with Crippen molar-refractivity contribution in [2.45, 2.75) is 6.42 Å². The number of hydrazine groups is 1. The molecule has 0 saturated carbocycles. The zero-order chi connectivity index (χ0) is 18.2. The lowest BCUT2D eigenvalue weighted by Crippen LogP contribution is -2.44. The van der Waals surface area contributed by atoms with E-state index in [1.165, 1.54) is 18.2 Å². The zero-order valence-corrected chi connectivity index (χ0v) is 13.6. The first-order valence-corrected chi connectivity index (χ1v) is 7.51. The van der Waals surface area contributed by atoms with Gasteiger partial charge in [0.1, 0.15) is 11.6 Å². The van der Waals surface area contributed by atoms with Crippen LogP contribution in [0.2, 0.25) is 5.02 Å². The van der Waals surface area contributed by atoms with Crippen LogP contribution in [0, 0.1) is 17.1 Å². The molecular formula is C17H13ClFN3O3. The molecule has 0 atom stereocenters. The maximum Gasteiger partial charge on any atom is 0.276 e. The highest BCUT2D eigenvalue weighted by atomic mass is 35.5. The molecule has 6 nitrogen and oxygen atoms in total. The van der Waals surface area contributed by atoms with Gasteiger partial charge in [-0.25, -0.2) is 4.39 Å². The first kappa shape index (κ1) is 18.2. The van der Waals surface area contributed by atoms with Crippen molar-refractivity contribution >= 4 is 23.4 Å². The first-order valence-electron chi connectivity index (χ1n) is 7.13. The Hall–Kier alpha value is -3.11. The largest absolute Gasteiger partial charge is 0.484 e. The summed E-state index contributed by atoms with van der Waals surface area (Å²) < 4.78 is 18.8. The summed E-state index contributed by atoms with van der Waals surface area (Å²) in [5, 5.41) is 8.81. The van der Waals surface area contributed by atoms with Crippen LogP contribution in [0.1, 0.15) is 11.1 Å². The number of nitrogens with one attached hydrogen (secondary N) is 2. The van der Waals surface area contributed by atoms with Crippen molar-refractivity contribution in [2.24, 2.45) is 0 Å². The molecule has 2 amide bonds. The highest BCUT2D eigenvalue weighted by Gasteiger charge is 2.12. The molecule has 0 aliphatic rings. The van der Waals surface area contributed by atoms with Crippen LogP contribution in [-0.4, -0.2) is 18.4 Å². The Morgan fingerprint density at radius 1 is 1.12 bits per heavy atom. The van der Waals surface area contributed by atoms with Crippen LogP contribution >= 0.6 is 11.6 Å². The van der Waals surface area contributed by atoms with Crippen molar-refractivity contribution < 1.29 is 18.7 Å². The van der Waals surface area contributed by atoms with Gasteiger partial charge >= 0.3 is 0 Å². The third-order valence-electron chi connectivity index (χ3n) is 3.09. The summed E-state index contributed by atoms with van der Waals surface area (Å²) in [4.78, 5) is 23.4. The van der Waals surface area contributed by atoms with E-state index < -0.39 is 17.6 Å². The van der Waals surface area contributed by atoms with E-state index >= 15 is 0 Å². The number of carbonyl (C=O) groups excluding carboxylic acids is 2. The molecule has 8 heteroatoms. The molecular weight excluding hydrogens is 349 g/mol. The van der Waals surface area contributed by atoms with Gasteiger partial charge in [0.2, 0.25) is 5.91 Å². The molecule has 0 aromatic heterocycles. The average Bonchev–Trinajstić information content (AvgIpc) is 2.62. The van der Waals surface area contributed by atoms with Gasteiger partial charge < -0.3 is 4.74 Å². The maximum absolute atomic E-state index is 13.6. The topological polar surface area (TPSA) is 91.2 Å². The van der Waals surface area contributed by atoms with Gasteiger partial charge in [-0.15, -0.1) is 0 Å². The Bertz CT molecular complexity index is 799. The minimum atomic E-state index is -0.626. The third kappa shape index (κ3) is 5.48. The van der Waals surface area contributed by atoms with Crippen molar-refractivity contribution in [3.05, 3.63) is 64.4 Å². The van der Waals surface area contributed by atoms with Crippen molar-refractivity contribution in [3.63, 3.8) is 0 Å². The molecule has 2 aromatic rings. The number of nitrogens with zero attached hydrogens (tertiary/aromatic N) is 1. The Kier molecular flexibility index (Phi) is 6.32. The molecule has 25 heavy (non-hydrogen) atoms. The second-order valence-electron chi connectivity index (χ2n) is 4.90. The minimum Gasteiger partial charge on any atom is -0.484 e. The van der Waals surface area contributed by atoms with Gasteiger partial charge in [-0.3, -0.25) is 20.4 Å². The number of benzene rings is 2. The molecule has 0 aliphatic carbocycles. The number of carbonyl (C=O) groups is 2. The molecule has 0 unspecified atom stereocenters. The summed E-state index contributed by atoms with van der Waals surface area (Å²) in [7, 11) is 0. The minimum absolute atomic E-state index is 0.0461. The van der Waals surface area contributed by atoms with E-state index in [1.807, 2.05) is 6.07 Å². The fourth-order valence-corrected chi connectivity index (χ4v) is 2.09. The predicted molar refractivity (Wildman–Crippen MR) is 88.1 cm³/mol. The first-order chi connectivity index (χ1) is 12.0. The second kappa shape index (κ2) is 8.66. The number of rotatable bonds is 5. The molecule has 2 N–H and O–H groups in total. The van der Waals surface area contributed by atoms with Crippen LogP contribution in [0.5, 0.6) is 5.75 Å². The van der Waals surface area contributed by atoms with Crippen molar-refractivity contribution in [1.29, 1.82) is 5.26 Å². The SMILES string of the molecule is N#Cc1ccc(OCC(=O)NNC(=O)Cc2c(F)cccc2Cl)cc1. The van der Waals surface area contributed by atoms with Gasteiger partial charge in [-0.1, -0.05) is 17.7 Å². The van der Waals surface area contributed by atoms with E-state index in [9.17, 15) is 14.0 Å². The molecule has 128 valence electrons. The van der Waals surface area contributed by atoms with E-state index in [0.717, 1.165) is 0 Å². The second-order valence-corrected chi connectivity index (χ2v) is 5.31. The lowest BCUT2D eigenvalue weighted by atomic mass is 10.1. The van der Waals surface area contributed by atoms with Crippen molar-refractivity contribution in [3.8, 4) is 11.8 Å². The van der Waals surface area contributed by atoms with E-state index in [2.05, 4.69) is 10.9 Å². The van der Waals surface area contributed by atoms with E-state index in [-0.39, 0.29) is 23.6 Å². The van der Waals surface area contributed by atoms with Crippen molar-refractivity contribution in [1.82, 2.24) is 10.9 Å². The summed E-state index contributed by atoms with van der Waals surface area (Å²) in [5.41, 5.74) is 4.82. The standard InChI is InChI=1S/C17H13ClFN3O3/c18-14-2-1-3-15(19)13(14)8-16(23)21-22-17(24)10-25-12-6-4-11(9-20)5-7-12/h1-7H,8,10H2,(H,21,23)(H,22,24). The molecule has 0 saturated heterocycles. The van der Waals surface area contributed by atoms with E-state index in [1.54, 1.807) is 24.3 Å². The molecule has 0 radical (unpaired) electrons. The quantitative estimate of drug-likeness (QED) is 0.798. The number of halogens is 2. The number of hydrogen-bond acceptors (Lipinski definition) is 4. The van der Waals surface area contributed by atoms with Crippen LogP contribution in [0.15, 0.2) is 42.5 Å². The Morgan fingerprint density at radius 2 is 1.80 bits per heavy atom. The average molecular weight is 362 g/mol. The van der Waals surface area contributed by atoms with Crippen molar-refractivity contribution in [2.75, 3.05) is 6.61 Å². The fourth-order valence-electron chi connectivity index (χ4n) is 1.86. The number of hydrogen-bond donors (Lipinski definition) is 2.